The van der Waals surface area contributed by atoms with Crippen LogP contribution in [0.4, 0.5) is 0 Å². The number of hydrogen-bond acceptors (Lipinski definition) is 2. The molecule has 0 bridgehead atoms. The summed E-state index contributed by atoms with van der Waals surface area (Å²) in [6, 6.07) is 0.717. The molecule has 90 valence electrons. The molecule has 0 spiro atoms. The molecule has 0 amide bonds. The molecule has 0 aliphatic carbocycles. The Bertz CT molecular complexity index is 159. The summed E-state index contributed by atoms with van der Waals surface area (Å²) in [6.45, 7) is 8.75. The van der Waals surface area contributed by atoms with E-state index in [4.69, 9.17) is 4.74 Å². The molecule has 1 rings (SSSR count). The van der Waals surface area contributed by atoms with Crippen LogP contribution in [0.2, 0.25) is 0 Å². The fourth-order valence-electron chi connectivity index (χ4n) is 2.05. The molecule has 0 radical (unpaired) electrons. The second kappa shape index (κ2) is 7.24. The van der Waals surface area contributed by atoms with Crippen LogP contribution >= 0.6 is 0 Å². The molecule has 0 aromatic carbocycles. The third kappa shape index (κ3) is 5.53. The lowest BCUT2D eigenvalue weighted by Crippen LogP contribution is -2.21. The minimum atomic E-state index is 0.477. The maximum Gasteiger partial charge on any atom is 0.0714 e. The third-order valence-electron chi connectivity index (χ3n) is 3.14. The Labute approximate surface area is 94.8 Å². The van der Waals surface area contributed by atoms with Gasteiger partial charge in [0.05, 0.1) is 6.10 Å². The zero-order valence-electron chi connectivity index (χ0n) is 10.6. The molecule has 2 atom stereocenters. The van der Waals surface area contributed by atoms with Gasteiger partial charge in [-0.15, -0.1) is 0 Å². The fraction of sp³-hybridized carbons (Fsp3) is 1.00. The number of nitrogens with one attached hydrogen (secondary N) is 1. The van der Waals surface area contributed by atoms with E-state index in [1.807, 2.05) is 0 Å². The monoisotopic (exact) mass is 213 g/mol. The van der Waals surface area contributed by atoms with Crippen LogP contribution in [0.5, 0.6) is 0 Å². The zero-order chi connectivity index (χ0) is 11.1. The van der Waals surface area contributed by atoms with Crippen molar-refractivity contribution in [2.24, 2.45) is 5.92 Å². The molecule has 1 aliphatic rings. The number of unbranched alkanes of at least 4 members (excludes halogenated alkanes) is 1. The molecule has 0 unspecified atom stereocenters. The smallest absolute Gasteiger partial charge is 0.0714 e. The number of hydrogen-bond donors (Lipinski definition) is 1. The van der Waals surface area contributed by atoms with Gasteiger partial charge in [-0.1, -0.05) is 33.6 Å². The average molecular weight is 213 g/mol. The van der Waals surface area contributed by atoms with Crippen molar-refractivity contribution >= 4 is 0 Å². The van der Waals surface area contributed by atoms with Gasteiger partial charge in [0.25, 0.3) is 0 Å². The van der Waals surface area contributed by atoms with E-state index in [9.17, 15) is 0 Å². The van der Waals surface area contributed by atoms with Crippen LogP contribution in [0.25, 0.3) is 0 Å². The molecule has 0 aromatic heterocycles. The van der Waals surface area contributed by atoms with Crippen LogP contribution in [0.3, 0.4) is 0 Å². The molecule has 1 heterocycles. The van der Waals surface area contributed by atoms with Crippen LogP contribution in [0.1, 0.15) is 52.9 Å². The highest BCUT2D eigenvalue weighted by molar-refractivity contribution is 4.82. The molecule has 2 nitrogen and oxygen atoms in total. The van der Waals surface area contributed by atoms with Crippen molar-refractivity contribution in [2.45, 2.75) is 65.0 Å². The number of rotatable bonds is 7. The van der Waals surface area contributed by atoms with Gasteiger partial charge in [-0.3, -0.25) is 0 Å². The van der Waals surface area contributed by atoms with Crippen molar-refractivity contribution in [3.8, 4) is 0 Å². The molecule has 15 heavy (non-hydrogen) atoms. The Morgan fingerprint density at radius 1 is 1.40 bits per heavy atom. The Morgan fingerprint density at radius 2 is 2.20 bits per heavy atom. The van der Waals surface area contributed by atoms with Gasteiger partial charge in [-0.25, -0.2) is 0 Å². The minimum Gasteiger partial charge on any atom is -0.377 e. The van der Waals surface area contributed by atoms with Crippen LogP contribution in [0, 0.1) is 5.92 Å². The first-order valence-corrected chi connectivity index (χ1v) is 6.57. The van der Waals surface area contributed by atoms with Crippen molar-refractivity contribution in [2.75, 3.05) is 13.2 Å². The summed E-state index contributed by atoms with van der Waals surface area (Å²) in [5.41, 5.74) is 0. The second-order valence-electron chi connectivity index (χ2n) is 5.16. The van der Waals surface area contributed by atoms with E-state index in [1.54, 1.807) is 0 Å². The van der Waals surface area contributed by atoms with Crippen LogP contribution < -0.4 is 5.32 Å². The molecular weight excluding hydrogens is 186 g/mol. The lowest BCUT2D eigenvalue weighted by Gasteiger charge is -2.12. The molecule has 1 fully saturated rings. The first-order chi connectivity index (χ1) is 7.22. The van der Waals surface area contributed by atoms with E-state index in [-0.39, 0.29) is 0 Å². The summed E-state index contributed by atoms with van der Waals surface area (Å²) < 4.78 is 5.86. The Kier molecular flexibility index (Phi) is 6.26. The van der Waals surface area contributed by atoms with Gasteiger partial charge in [0.2, 0.25) is 0 Å². The summed E-state index contributed by atoms with van der Waals surface area (Å²) in [6.07, 6.45) is 6.85. The first kappa shape index (κ1) is 13.0. The predicted octanol–water partition coefficient (Wildman–Crippen LogP) is 2.97. The van der Waals surface area contributed by atoms with E-state index < -0.39 is 0 Å². The maximum absolute atomic E-state index is 5.86. The lowest BCUT2D eigenvalue weighted by atomic mass is 10.1. The third-order valence-corrected chi connectivity index (χ3v) is 3.14. The van der Waals surface area contributed by atoms with Crippen molar-refractivity contribution in [3.05, 3.63) is 0 Å². The number of ether oxygens (including phenoxy) is 1. The van der Waals surface area contributed by atoms with Crippen molar-refractivity contribution < 1.29 is 4.74 Å². The minimum absolute atomic E-state index is 0.477. The van der Waals surface area contributed by atoms with Crippen LogP contribution in [-0.4, -0.2) is 25.3 Å². The summed E-state index contributed by atoms with van der Waals surface area (Å²) in [4.78, 5) is 0. The highest BCUT2D eigenvalue weighted by Gasteiger charge is 2.23. The van der Waals surface area contributed by atoms with E-state index in [2.05, 4.69) is 26.1 Å². The highest BCUT2D eigenvalue weighted by atomic mass is 16.5. The predicted molar refractivity (Wildman–Crippen MR) is 65.1 cm³/mol. The molecule has 0 saturated carbocycles. The van der Waals surface area contributed by atoms with E-state index in [0.717, 1.165) is 19.1 Å². The molecule has 1 saturated heterocycles. The van der Waals surface area contributed by atoms with Gasteiger partial charge in [0.15, 0.2) is 0 Å². The Balaban J connectivity index is 2.03. The molecular formula is C13H27NO. The van der Waals surface area contributed by atoms with Crippen molar-refractivity contribution in [3.63, 3.8) is 0 Å². The van der Waals surface area contributed by atoms with E-state index >= 15 is 0 Å². The van der Waals surface area contributed by atoms with Gasteiger partial charge < -0.3 is 10.1 Å². The first-order valence-electron chi connectivity index (χ1n) is 6.57. The second-order valence-corrected chi connectivity index (χ2v) is 5.16. The van der Waals surface area contributed by atoms with Crippen LogP contribution in [-0.2, 0) is 4.74 Å². The van der Waals surface area contributed by atoms with Gasteiger partial charge in [-0.2, -0.15) is 0 Å². The van der Waals surface area contributed by atoms with Gasteiger partial charge in [-0.05, 0) is 25.2 Å². The van der Waals surface area contributed by atoms with Crippen LogP contribution in [0.15, 0.2) is 0 Å². The molecule has 0 aromatic rings. The van der Waals surface area contributed by atoms with Crippen molar-refractivity contribution in [1.29, 1.82) is 0 Å². The van der Waals surface area contributed by atoms with Gasteiger partial charge in [0.1, 0.15) is 0 Å². The SMILES string of the molecule is CCCC[C@@H]1C[C@@H](OCCC(C)C)CN1. The standard InChI is InChI=1S/C13H27NO/c1-4-5-6-12-9-13(10-14-12)15-8-7-11(2)3/h11-14H,4-10H2,1-3H3/t12-,13-/m1/s1. The van der Waals surface area contributed by atoms with Gasteiger partial charge >= 0.3 is 0 Å². The summed E-state index contributed by atoms with van der Waals surface area (Å²) in [5.74, 6) is 0.759. The molecule has 2 heteroatoms. The van der Waals surface area contributed by atoms with E-state index in [1.165, 1.54) is 32.1 Å². The Morgan fingerprint density at radius 3 is 2.87 bits per heavy atom. The average Bonchev–Trinajstić information content (AvgIpc) is 2.62. The maximum atomic E-state index is 5.86. The Hall–Kier alpha value is -0.0800. The summed E-state index contributed by atoms with van der Waals surface area (Å²) in [5, 5.41) is 3.55. The summed E-state index contributed by atoms with van der Waals surface area (Å²) in [7, 11) is 0. The summed E-state index contributed by atoms with van der Waals surface area (Å²) >= 11 is 0. The van der Waals surface area contributed by atoms with Crippen molar-refractivity contribution in [1.82, 2.24) is 5.32 Å². The highest BCUT2D eigenvalue weighted by Crippen LogP contribution is 2.16. The molecule has 1 aliphatic heterocycles. The largest absolute Gasteiger partial charge is 0.377 e. The van der Waals surface area contributed by atoms with E-state index in [0.29, 0.717) is 12.1 Å². The quantitative estimate of drug-likeness (QED) is 0.702. The topological polar surface area (TPSA) is 21.3 Å². The normalized spacial score (nSPS) is 26.4. The lowest BCUT2D eigenvalue weighted by molar-refractivity contribution is 0.0580. The molecule has 1 N–H and O–H groups in total. The zero-order valence-corrected chi connectivity index (χ0v) is 10.6. The van der Waals surface area contributed by atoms with Gasteiger partial charge in [0, 0.05) is 19.2 Å². The fourth-order valence-corrected chi connectivity index (χ4v) is 2.05.